The number of aliphatic hydroxyl groups is 5. The molecule has 43 nitrogen and oxygen atoms in total. The number of nitrogens with one attached hydrogen (secondary N) is 8. The third-order valence-corrected chi connectivity index (χ3v) is 29.4. The molecule has 47 heteroatoms. The van der Waals surface area contributed by atoms with Gasteiger partial charge in [-0.2, -0.15) is 5.48 Å². The predicted octanol–water partition coefficient (Wildman–Crippen LogP) is 3.09. The van der Waals surface area contributed by atoms with Crippen LogP contribution in [-0.2, 0) is 92.4 Å². The van der Waals surface area contributed by atoms with Crippen molar-refractivity contribution >= 4 is 126 Å². The van der Waals surface area contributed by atoms with Crippen LogP contribution in [0.5, 0.6) is 17.2 Å². The topological polar surface area (TPSA) is 616 Å². The number of carbonyl (C=O) groups excluding carboxylic acids is 10. The van der Waals surface area contributed by atoms with Crippen molar-refractivity contribution in [3.63, 3.8) is 0 Å². The number of ether oxygens (including phenoxy) is 13. The Morgan fingerprint density at radius 1 is 0.775 bits per heavy atom. The fourth-order valence-corrected chi connectivity index (χ4v) is 20.2. The number of nitrogens with two attached hydrogens (primary N) is 3. The number of carbonyl (C=O) groups is 11. The monoisotopic (exact) mass is 2110 g/mol. The maximum absolute atomic E-state index is 14.7. The summed E-state index contributed by atoms with van der Waals surface area (Å²) < 4.78 is 79.3. The summed E-state index contributed by atoms with van der Waals surface area (Å²) in [6.07, 6.45) is -16.6. The molecule has 6 aliphatic rings. The van der Waals surface area contributed by atoms with Gasteiger partial charge >= 0.3 is 24.2 Å². The van der Waals surface area contributed by atoms with Crippen LogP contribution in [0.3, 0.4) is 0 Å². The summed E-state index contributed by atoms with van der Waals surface area (Å²) in [6.45, 7) is 16.8. The lowest BCUT2D eigenvalue weighted by molar-refractivity contribution is -0.337. The number of methoxy groups -OCH3 is 5. The zero-order valence-electron chi connectivity index (χ0n) is 79.7. The SMILES string of the molecule is CCN(C(=O)OCc1ccc(NC(=O)[C@H](CCCNC(N)=O)NC(=O)[C@@H](NC(=O)[C@H](CCCCN)NC(C)=O)C(C)C)cc1)[C@H]1CO[C@@H](O[C@H]2[C@H](O[C@H]3C#C/C=C\C#C[C@]4(O)CC(=O)C(NC(=O)OC)=C3/C4=C\CSSC(C)(C)CCNC(=O)CC[C@H](N)C(=O)O)O[C@H](C)[C@@H](NO[C@H]3C[C@H](O)[C@H](SC(=O)c4c(C)c(I)c(O[C@@H]5O[C@@H](C)[C@H](O)[C@@H](OC)[C@H]5O)c(OC)c4OC)[C@@H](C)O3)[C@@H]2O)C[C@@H]1OC. The van der Waals surface area contributed by atoms with Gasteiger partial charge in [-0.3, -0.25) is 48.5 Å². The van der Waals surface area contributed by atoms with E-state index < -0.39 is 221 Å². The molecule has 20 N–H and O–H groups in total. The Morgan fingerprint density at radius 2 is 1.46 bits per heavy atom. The third kappa shape index (κ3) is 31.6. The summed E-state index contributed by atoms with van der Waals surface area (Å²) in [7, 11) is 9.20. The highest BCUT2D eigenvalue weighted by Gasteiger charge is 2.53. The molecule has 8 rings (SSSR count). The van der Waals surface area contributed by atoms with Crippen LogP contribution in [0.25, 0.3) is 0 Å². The van der Waals surface area contributed by atoms with Gasteiger partial charge in [-0.1, -0.05) is 89.1 Å². The number of fused-ring (bicyclic) bond motifs is 2. The normalized spacial score (nSPS) is 27.2. The Hall–Kier alpha value is -8.75. The maximum Gasteiger partial charge on any atom is 0.411 e. The number of halogens is 1. The van der Waals surface area contributed by atoms with E-state index >= 15 is 0 Å². The molecule has 0 unspecified atom stereocenters. The average molecular weight is 2110 g/mol. The van der Waals surface area contributed by atoms with Crippen molar-refractivity contribution in [1.82, 2.24) is 42.3 Å². The number of urea groups is 1. The molecular weight excluding hydrogens is 1980 g/mol. The molecule has 9 amide bonds. The molecule has 4 aliphatic heterocycles. The minimum absolute atomic E-state index is 0.0155. The van der Waals surface area contributed by atoms with Gasteiger partial charge in [0.2, 0.25) is 46.7 Å². The average Bonchev–Trinajstić information content (AvgIpc) is 0.749. The summed E-state index contributed by atoms with van der Waals surface area (Å²) >= 11 is 2.73. The van der Waals surface area contributed by atoms with Crippen molar-refractivity contribution in [2.75, 3.05) is 79.4 Å². The predicted molar refractivity (Wildman–Crippen MR) is 513 cm³/mol. The molecule has 4 heterocycles. The van der Waals surface area contributed by atoms with E-state index in [1.165, 1.54) is 74.0 Å². The number of benzene rings is 2. The lowest BCUT2D eigenvalue weighted by Crippen LogP contribution is -2.65. The molecule has 0 saturated carbocycles. The van der Waals surface area contributed by atoms with Gasteiger partial charge in [0, 0.05) is 87.4 Å². The van der Waals surface area contributed by atoms with E-state index in [1.54, 1.807) is 78.8 Å². The number of Topliss-reactive ketones (excluding diaryl/α,β-unsaturated/α-hetero) is 1. The molecule has 0 radical (unpaired) electrons. The summed E-state index contributed by atoms with van der Waals surface area (Å²) in [5.41, 5.74) is 17.7. The summed E-state index contributed by atoms with van der Waals surface area (Å²) in [5.74, 6) is 6.22. The Bertz CT molecular complexity index is 4780. The van der Waals surface area contributed by atoms with Gasteiger partial charge in [-0.25, -0.2) is 14.4 Å². The highest BCUT2D eigenvalue weighted by molar-refractivity contribution is 14.1. The molecule has 138 heavy (non-hydrogen) atoms. The number of rotatable bonds is 47. The number of anilines is 1. The first-order chi connectivity index (χ1) is 65.5. The van der Waals surface area contributed by atoms with Crippen LogP contribution in [0, 0.1) is 40.1 Å². The smallest absolute Gasteiger partial charge is 0.411 e. The second-order valence-electron chi connectivity index (χ2n) is 34.5. The Balaban J connectivity index is 1.03. The zero-order valence-corrected chi connectivity index (χ0v) is 84.3. The number of carboxylic acid groups (broad SMARTS) is 1. The van der Waals surface area contributed by atoms with Crippen molar-refractivity contribution in [3.05, 3.63) is 79.6 Å². The number of allylic oxidation sites excluding steroid dienone is 3. The van der Waals surface area contributed by atoms with Gasteiger partial charge in [-0.05, 0) is 164 Å². The number of ketones is 1. The van der Waals surface area contributed by atoms with E-state index in [0.717, 1.165) is 18.9 Å². The molecule has 0 aromatic heterocycles. The fraction of sp³-hybridized carbons (Fsp3) is 0.637. The number of hydrogen-bond acceptors (Lipinski definition) is 36. The van der Waals surface area contributed by atoms with E-state index in [9.17, 15) is 83.4 Å². The van der Waals surface area contributed by atoms with Gasteiger partial charge < -0.3 is 146 Å². The van der Waals surface area contributed by atoms with Gasteiger partial charge in [0.25, 0.3) is 0 Å². The third-order valence-electron chi connectivity index (χ3n) is 23.5. The number of nitrogens with zero attached hydrogens (tertiary/aromatic N) is 1. The molecule has 2 aliphatic carbocycles. The minimum Gasteiger partial charge on any atom is -0.492 e. The summed E-state index contributed by atoms with van der Waals surface area (Å²) in [4.78, 5) is 154. The molecule has 2 bridgehead atoms. The van der Waals surface area contributed by atoms with Crippen LogP contribution in [0.2, 0.25) is 0 Å². The number of carboxylic acids is 1. The van der Waals surface area contributed by atoms with E-state index in [2.05, 4.69) is 66.4 Å². The van der Waals surface area contributed by atoms with Crippen LogP contribution < -0.4 is 74.1 Å². The van der Waals surface area contributed by atoms with Crippen molar-refractivity contribution in [2.24, 2.45) is 23.1 Å². The van der Waals surface area contributed by atoms with Crippen LogP contribution >= 0.6 is 55.9 Å². The minimum atomic E-state index is -2.28. The number of unbranched alkanes of at least 4 members (excludes halogenated alkanes) is 1. The van der Waals surface area contributed by atoms with Crippen molar-refractivity contribution in [3.8, 4) is 40.9 Å². The van der Waals surface area contributed by atoms with Gasteiger partial charge in [0.1, 0.15) is 67.4 Å². The lowest BCUT2D eigenvalue weighted by atomic mass is 9.75. The van der Waals surface area contributed by atoms with Crippen LogP contribution in [-0.4, -0.2) is 318 Å². The van der Waals surface area contributed by atoms with Crippen molar-refractivity contribution in [1.29, 1.82) is 0 Å². The molecule has 766 valence electrons. The number of thioether (sulfide) groups is 1. The molecule has 0 spiro atoms. The van der Waals surface area contributed by atoms with Crippen LogP contribution in [0.4, 0.5) is 20.1 Å². The van der Waals surface area contributed by atoms with E-state index in [1.807, 2.05) is 36.4 Å². The quantitative estimate of drug-likeness (QED) is 0.0149. The van der Waals surface area contributed by atoms with Gasteiger partial charge in [-0.15, -0.1) is 0 Å². The van der Waals surface area contributed by atoms with E-state index in [0.29, 0.717) is 40.5 Å². The second-order valence-corrected chi connectivity index (χ2v) is 39.7. The number of alkyl carbamates (subject to hydrolysis) is 1. The number of likely N-dealkylation sites (N-methyl/N-ethyl adjacent to an activating group) is 1. The molecule has 2 aromatic carbocycles. The van der Waals surface area contributed by atoms with Crippen molar-refractivity contribution in [2.45, 2.75) is 291 Å². The first-order valence-corrected chi connectivity index (χ1v) is 49.4. The number of hydrogen-bond donors (Lipinski definition) is 17. The molecule has 23 atom stereocenters. The molecule has 4 fully saturated rings. The largest absolute Gasteiger partial charge is 0.492 e. The maximum atomic E-state index is 14.7. The highest BCUT2D eigenvalue weighted by atomic mass is 127. The van der Waals surface area contributed by atoms with E-state index in [4.69, 9.17) is 83.6 Å². The second kappa shape index (κ2) is 54.5. The van der Waals surface area contributed by atoms with Gasteiger partial charge in [0.15, 0.2) is 41.8 Å². The number of primary amides is 1. The zero-order chi connectivity index (χ0) is 102. The molecule has 2 aromatic rings. The number of aliphatic carboxylic acids is 1. The lowest BCUT2D eigenvalue weighted by Gasteiger charge is -2.47. The standard InChI is InChI=1S/C91H131IN12O31S3/c1-16-104(89(120)128-43-51-27-29-52(30-28-51)99-80(112)56(25-23-37-97-87(95)118)100-82(114)68(45(2)3)101-81(113)55(98-50(8)105)24-20-22-36-93)57-44-127-63(41-61(57)122-11)133-77-72(110)69(103-135-64-40-58(106)79(49(7)129-64)137-84(117)65-46(4)67(92)75(78(125-14)74(65)123-12)134-85-73(111)76(124-13)71(109)48(6)131-85)47(5)130-86(77)132-60-26-19-17-18-21-34-91(121)42-59(107)70(102-88(119)126-15)66(60)53(91)33-39-136-138-90(9,10)35-38-96-62(108)32-31-54(94)83(115)116/h17-18,27-30,33,45,47-49,54-58,60-61,63-64,68-69,71-73,76-77,79,85-86,103,106,109-111,121H,16,20,22-25,31-32,35-44,93-94H2,1-15H3,(H,96,108)(H,98,105)(H,99,112)(H,100,114)(H,101,113)(H,102,119)(H,115,116)(H3,95,97,118)/b18-17-,53-33+/t47-,48+,49-,54+,55+,56+,57+,58+,60+,61+,63+,64+,68+,69-,71+,72+,73-,76-,77-,79-,85+,86+,91+/m1/s1. The van der Waals surface area contributed by atoms with Crippen LogP contribution in [0.1, 0.15) is 154 Å². The molecular formula is C91H131IN12O31S3. The van der Waals surface area contributed by atoms with Crippen LogP contribution in [0.15, 0.2) is 59.3 Å². The van der Waals surface area contributed by atoms with Gasteiger partial charge in [0.05, 0.1) is 97.0 Å². The summed E-state index contributed by atoms with van der Waals surface area (Å²) in [6, 6.07) is -1.19. The first-order valence-electron chi connectivity index (χ1n) is 45.1. The fourth-order valence-electron chi connectivity index (χ4n) is 16.0. The molecule has 4 saturated heterocycles. The number of aliphatic hydroxyl groups excluding tert-OH is 4. The Kier molecular flexibility index (Phi) is 45.2. The number of amides is 9. The van der Waals surface area contributed by atoms with Crippen molar-refractivity contribution < 1.29 is 150 Å². The highest BCUT2D eigenvalue weighted by Crippen LogP contribution is 2.50. The Morgan fingerprint density at radius 3 is 2.10 bits per heavy atom. The first kappa shape index (κ1) is 115. The van der Waals surface area contributed by atoms with E-state index in [-0.39, 0.29) is 129 Å². The summed E-state index contributed by atoms with van der Waals surface area (Å²) in [5, 5.41) is 86.1. The number of hydroxylamine groups is 1. The Labute approximate surface area is 827 Å².